The lowest BCUT2D eigenvalue weighted by molar-refractivity contribution is -0.944. The number of nitrogens with zero attached hydrogens (tertiary/aromatic N) is 2. The number of carbonyl (C=O) groups excluding carboxylic acids is 1. The minimum atomic E-state index is -0.0743. The number of aryl methyl sites for hydroxylation is 2. The molecule has 130 valence electrons. The summed E-state index contributed by atoms with van der Waals surface area (Å²) >= 11 is 0. The van der Waals surface area contributed by atoms with E-state index in [-0.39, 0.29) is 12.1 Å². The molecule has 1 aliphatic heterocycles. The smallest absolute Gasteiger partial charge is 0.300 e. The maximum absolute atomic E-state index is 12.6. The van der Waals surface area contributed by atoms with E-state index in [0.29, 0.717) is 12.6 Å². The Morgan fingerprint density at radius 1 is 1.04 bits per heavy atom. The van der Waals surface area contributed by atoms with Gasteiger partial charge >= 0.3 is 5.91 Å². The normalized spacial score (nSPS) is 20.8. The van der Waals surface area contributed by atoms with E-state index < -0.39 is 0 Å². The second-order valence-electron chi connectivity index (χ2n) is 7.11. The van der Waals surface area contributed by atoms with Crippen LogP contribution >= 0.6 is 0 Å². The molecule has 1 heterocycles. The molecule has 0 radical (unpaired) electrons. The van der Waals surface area contributed by atoms with Gasteiger partial charge in [-0.2, -0.15) is 10.1 Å². The van der Waals surface area contributed by atoms with Crippen LogP contribution in [0.5, 0.6) is 0 Å². The number of benzene rings is 2. The standard InChI is InChI=1S/C21H25N3O/c1-15(2)23-14-20(25)24(21(23)19-11-7-17(4)8-12-19)22-13-18-9-5-16(3)6-10-18/h5-13,15,21H,14H2,1-4H3/p+1. The van der Waals surface area contributed by atoms with Gasteiger partial charge in [-0.3, -0.25) is 4.79 Å². The Labute approximate surface area is 149 Å². The first-order chi connectivity index (χ1) is 12.0. The van der Waals surface area contributed by atoms with Crippen LogP contribution in [0.15, 0.2) is 53.6 Å². The molecule has 2 aromatic carbocycles. The summed E-state index contributed by atoms with van der Waals surface area (Å²) < 4.78 is 0. The van der Waals surface area contributed by atoms with Gasteiger partial charge in [0, 0.05) is 5.56 Å². The third-order valence-corrected chi connectivity index (χ3v) is 4.75. The van der Waals surface area contributed by atoms with Crippen molar-refractivity contribution in [3.8, 4) is 0 Å². The lowest BCUT2D eigenvalue weighted by Gasteiger charge is -2.26. The van der Waals surface area contributed by atoms with E-state index in [9.17, 15) is 4.79 Å². The van der Waals surface area contributed by atoms with Crippen molar-refractivity contribution in [1.82, 2.24) is 5.01 Å². The quantitative estimate of drug-likeness (QED) is 0.856. The van der Waals surface area contributed by atoms with E-state index in [2.05, 4.69) is 69.2 Å². The number of hydrogen-bond acceptors (Lipinski definition) is 2. The molecule has 0 aliphatic carbocycles. The number of amides is 1. The first kappa shape index (κ1) is 17.4. The van der Waals surface area contributed by atoms with Gasteiger partial charge in [0.05, 0.1) is 12.3 Å². The molecular weight excluding hydrogens is 310 g/mol. The monoisotopic (exact) mass is 336 g/mol. The molecule has 0 spiro atoms. The predicted octanol–water partition coefficient (Wildman–Crippen LogP) is 2.47. The first-order valence-electron chi connectivity index (χ1n) is 8.80. The predicted molar refractivity (Wildman–Crippen MR) is 101 cm³/mol. The Hall–Kier alpha value is -2.46. The number of nitrogens with one attached hydrogen (secondary N) is 1. The SMILES string of the molecule is Cc1ccc(C=NN2C(=O)C[NH+](C(C)C)C2c2ccc(C)cc2)cc1. The minimum absolute atomic E-state index is 0.0673. The molecule has 3 rings (SSSR count). The minimum Gasteiger partial charge on any atom is -0.300 e. The molecule has 0 saturated carbocycles. The van der Waals surface area contributed by atoms with Gasteiger partial charge in [0.25, 0.3) is 0 Å². The van der Waals surface area contributed by atoms with Crippen molar-refractivity contribution in [3.05, 3.63) is 70.8 Å². The van der Waals surface area contributed by atoms with Crippen molar-refractivity contribution >= 4 is 12.1 Å². The average Bonchev–Trinajstić information content (AvgIpc) is 2.92. The van der Waals surface area contributed by atoms with Crippen LogP contribution in [0.25, 0.3) is 0 Å². The van der Waals surface area contributed by atoms with Crippen LogP contribution in [-0.4, -0.2) is 29.7 Å². The third kappa shape index (κ3) is 3.80. The van der Waals surface area contributed by atoms with Crippen LogP contribution in [-0.2, 0) is 4.79 Å². The molecule has 4 heteroatoms. The van der Waals surface area contributed by atoms with Crippen molar-refractivity contribution < 1.29 is 9.69 Å². The van der Waals surface area contributed by atoms with Gasteiger partial charge in [-0.05, 0) is 33.3 Å². The molecule has 1 aliphatic rings. The Balaban J connectivity index is 1.92. The fourth-order valence-electron chi connectivity index (χ4n) is 3.19. The molecule has 1 amide bonds. The highest BCUT2D eigenvalue weighted by Gasteiger charge is 2.44. The Kier molecular flexibility index (Phi) is 5.00. The number of carbonyl (C=O) groups is 1. The van der Waals surface area contributed by atoms with Gasteiger partial charge in [0.2, 0.25) is 6.17 Å². The van der Waals surface area contributed by atoms with Crippen molar-refractivity contribution in [1.29, 1.82) is 0 Å². The van der Waals surface area contributed by atoms with Crippen LogP contribution in [0.2, 0.25) is 0 Å². The van der Waals surface area contributed by atoms with E-state index in [1.54, 1.807) is 11.2 Å². The zero-order valence-electron chi connectivity index (χ0n) is 15.4. The second kappa shape index (κ2) is 7.19. The molecule has 0 bridgehead atoms. The van der Waals surface area contributed by atoms with Crippen molar-refractivity contribution in [2.45, 2.75) is 39.9 Å². The highest BCUT2D eigenvalue weighted by atomic mass is 16.2. The Morgan fingerprint density at radius 3 is 2.16 bits per heavy atom. The molecule has 1 N–H and O–H groups in total. The van der Waals surface area contributed by atoms with E-state index in [4.69, 9.17) is 0 Å². The van der Waals surface area contributed by atoms with Crippen molar-refractivity contribution in [2.75, 3.05) is 6.54 Å². The third-order valence-electron chi connectivity index (χ3n) is 4.75. The summed E-state index contributed by atoms with van der Waals surface area (Å²) in [5.41, 5.74) is 4.55. The van der Waals surface area contributed by atoms with Crippen LogP contribution in [0.4, 0.5) is 0 Å². The number of quaternary nitrogens is 1. The van der Waals surface area contributed by atoms with E-state index in [0.717, 1.165) is 11.1 Å². The zero-order valence-corrected chi connectivity index (χ0v) is 15.4. The Morgan fingerprint density at radius 2 is 1.60 bits per heavy atom. The van der Waals surface area contributed by atoms with Crippen LogP contribution in [0.3, 0.4) is 0 Å². The molecule has 4 nitrogen and oxygen atoms in total. The summed E-state index contributed by atoms with van der Waals surface area (Å²) in [6, 6.07) is 16.9. The van der Waals surface area contributed by atoms with E-state index >= 15 is 0 Å². The van der Waals surface area contributed by atoms with Crippen molar-refractivity contribution in [2.24, 2.45) is 5.10 Å². The van der Waals surface area contributed by atoms with E-state index in [1.807, 2.05) is 12.1 Å². The molecular formula is C21H26N3O+. The summed E-state index contributed by atoms with van der Waals surface area (Å²) in [6.45, 7) is 8.90. The molecule has 1 fully saturated rings. The first-order valence-corrected chi connectivity index (χ1v) is 8.80. The van der Waals surface area contributed by atoms with Gasteiger partial charge in [0.15, 0.2) is 6.54 Å². The van der Waals surface area contributed by atoms with Gasteiger partial charge in [-0.25, -0.2) is 0 Å². The van der Waals surface area contributed by atoms with Crippen LogP contribution in [0, 0.1) is 13.8 Å². The van der Waals surface area contributed by atoms with Gasteiger partial charge in [0.1, 0.15) is 0 Å². The summed E-state index contributed by atoms with van der Waals surface area (Å²) in [5, 5.41) is 6.21. The summed E-state index contributed by atoms with van der Waals surface area (Å²) in [7, 11) is 0. The fraction of sp³-hybridized carbons (Fsp3) is 0.333. The second-order valence-corrected chi connectivity index (χ2v) is 7.11. The maximum Gasteiger partial charge on any atom is 0.303 e. The highest BCUT2D eigenvalue weighted by Crippen LogP contribution is 2.20. The number of hydrazone groups is 1. The molecule has 1 saturated heterocycles. The molecule has 2 atom stereocenters. The summed E-state index contributed by atoms with van der Waals surface area (Å²) in [4.78, 5) is 13.8. The molecule has 25 heavy (non-hydrogen) atoms. The topological polar surface area (TPSA) is 37.1 Å². The van der Waals surface area contributed by atoms with Crippen molar-refractivity contribution in [3.63, 3.8) is 0 Å². The molecule has 0 aromatic heterocycles. The zero-order chi connectivity index (χ0) is 18.0. The van der Waals surface area contributed by atoms with Gasteiger partial charge < -0.3 is 4.90 Å². The Bertz CT molecular complexity index is 763. The van der Waals surface area contributed by atoms with Crippen LogP contribution < -0.4 is 4.90 Å². The number of rotatable bonds is 4. The lowest BCUT2D eigenvalue weighted by atomic mass is 10.1. The van der Waals surface area contributed by atoms with Crippen LogP contribution in [0.1, 0.15) is 42.3 Å². The number of hydrogen-bond donors (Lipinski definition) is 1. The highest BCUT2D eigenvalue weighted by molar-refractivity contribution is 5.83. The fourth-order valence-corrected chi connectivity index (χ4v) is 3.19. The lowest BCUT2D eigenvalue weighted by Crippen LogP contribution is -3.14. The molecule has 2 unspecified atom stereocenters. The summed E-state index contributed by atoms with van der Waals surface area (Å²) in [5.74, 6) is 0.0673. The largest absolute Gasteiger partial charge is 0.303 e. The average molecular weight is 336 g/mol. The maximum atomic E-state index is 12.6. The summed E-state index contributed by atoms with van der Waals surface area (Å²) in [6.07, 6.45) is 1.71. The van der Waals surface area contributed by atoms with Gasteiger partial charge in [-0.1, -0.05) is 59.7 Å². The molecule has 2 aromatic rings. The van der Waals surface area contributed by atoms with Gasteiger partial charge in [-0.15, -0.1) is 0 Å². The van der Waals surface area contributed by atoms with E-state index in [1.165, 1.54) is 16.0 Å².